The third-order valence-corrected chi connectivity index (χ3v) is 5.65. The van der Waals surface area contributed by atoms with Crippen LogP contribution in [0.2, 0.25) is 5.02 Å². The Bertz CT molecular complexity index is 754. The molecule has 2 aromatic rings. The van der Waals surface area contributed by atoms with Crippen LogP contribution in [0.25, 0.3) is 11.1 Å². The molecule has 0 heterocycles. The standard InChI is InChI=1S/C22H27ClN2O/c23-21-14-18(17-7-4-8-19(13-17)22(24)26)9-10-20(21)15-25-12-11-16-5-2-1-3-6-16/h4,7-10,13-14,16,25H,1-3,5-6,11-12,15H2,(H2,24,26). The number of primary amides is 1. The van der Waals surface area contributed by atoms with Gasteiger partial charge in [0.05, 0.1) is 0 Å². The number of benzene rings is 2. The molecule has 4 heteroatoms. The van der Waals surface area contributed by atoms with Gasteiger partial charge in [0.25, 0.3) is 0 Å². The minimum Gasteiger partial charge on any atom is -0.366 e. The molecular formula is C22H27ClN2O. The van der Waals surface area contributed by atoms with E-state index in [1.807, 2.05) is 24.3 Å². The fourth-order valence-corrected chi connectivity index (χ4v) is 3.97. The Morgan fingerprint density at radius 3 is 2.58 bits per heavy atom. The lowest BCUT2D eigenvalue weighted by atomic mass is 9.87. The van der Waals surface area contributed by atoms with Crippen molar-refractivity contribution in [3.8, 4) is 11.1 Å². The second-order valence-corrected chi connectivity index (χ2v) is 7.63. The van der Waals surface area contributed by atoms with Gasteiger partial charge in [0.15, 0.2) is 0 Å². The molecule has 0 bridgehead atoms. The lowest BCUT2D eigenvalue weighted by Crippen LogP contribution is -2.19. The van der Waals surface area contributed by atoms with E-state index in [1.54, 1.807) is 12.1 Å². The van der Waals surface area contributed by atoms with Crippen LogP contribution in [0.3, 0.4) is 0 Å². The van der Waals surface area contributed by atoms with Crippen LogP contribution in [0, 0.1) is 5.92 Å². The fourth-order valence-electron chi connectivity index (χ4n) is 3.73. The zero-order chi connectivity index (χ0) is 18.4. The van der Waals surface area contributed by atoms with Crippen LogP contribution in [0.1, 0.15) is 54.4 Å². The number of nitrogens with two attached hydrogens (primary N) is 1. The molecule has 1 aliphatic carbocycles. The normalized spacial score (nSPS) is 15.1. The van der Waals surface area contributed by atoms with E-state index in [4.69, 9.17) is 17.3 Å². The van der Waals surface area contributed by atoms with Gasteiger partial charge in [-0.15, -0.1) is 0 Å². The van der Waals surface area contributed by atoms with Crippen molar-refractivity contribution < 1.29 is 4.79 Å². The second kappa shape index (κ2) is 9.20. The van der Waals surface area contributed by atoms with Gasteiger partial charge >= 0.3 is 0 Å². The second-order valence-electron chi connectivity index (χ2n) is 7.22. The number of carbonyl (C=O) groups excluding carboxylic acids is 1. The maximum Gasteiger partial charge on any atom is 0.248 e. The van der Waals surface area contributed by atoms with E-state index < -0.39 is 5.91 Å². The van der Waals surface area contributed by atoms with E-state index in [0.717, 1.165) is 40.7 Å². The van der Waals surface area contributed by atoms with Gasteiger partial charge in [-0.1, -0.05) is 68.0 Å². The van der Waals surface area contributed by atoms with Crippen molar-refractivity contribution >= 4 is 17.5 Å². The van der Waals surface area contributed by atoms with E-state index in [1.165, 1.54) is 38.5 Å². The maximum atomic E-state index is 11.4. The maximum absolute atomic E-state index is 11.4. The largest absolute Gasteiger partial charge is 0.366 e. The average molecular weight is 371 g/mol. The van der Waals surface area contributed by atoms with Crippen LogP contribution in [-0.4, -0.2) is 12.5 Å². The predicted molar refractivity (Wildman–Crippen MR) is 108 cm³/mol. The quantitative estimate of drug-likeness (QED) is 0.661. The van der Waals surface area contributed by atoms with E-state index in [-0.39, 0.29) is 0 Å². The molecule has 2 aromatic carbocycles. The first kappa shape index (κ1) is 18.9. The molecule has 0 aliphatic heterocycles. The minimum absolute atomic E-state index is 0.420. The summed E-state index contributed by atoms with van der Waals surface area (Å²) in [5.41, 5.74) is 8.91. The van der Waals surface area contributed by atoms with E-state index in [9.17, 15) is 4.79 Å². The van der Waals surface area contributed by atoms with Gasteiger partial charge < -0.3 is 11.1 Å². The Morgan fingerprint density at radius 2 is 1.85 bits per heavy atom. The van der Waals surface area contributed by atoms with Crippen LogP contribution >= 0.6 is 11.6 Å². The molecule has 0 aromatic heterocycles. The highest BCUT2D eigenvalue weighted by molar-refractivity contribution is 6.31. The first-order valence-corrected chi connectivity index (χ1v) is 9.90. The van der Waals surface area contributed by atoms with Gasteiger partial charge in [-0.25, -0.2) is 0 Å². The molecule has 1 saturated carbocycles. The van der Waals surface area contributed by atoms with Gasteiger partial charge in [0.1, 0.15) is 0 Å². The van der Waals surface area contributed by atoms with E-state index in [0.29, 0.717) is 5.56 Å². The molecule has 3 rings (SSSR count). The van der Waals surface area contributed by atoms with Crippen LogP contribution < -0.4 is 11.1 Å². The molecule has 0 saturated heterocycles. The number of hydrogen-bond donors (Lipinski definition) is 2. The fraction of sp³-hybridized carbons (Fsp3) is 0.409. The molecule has 0 spiro atoms. The zero-order valence-corrected chi connectivity index (χ0v) is 15.9. The molecule has 0 radical (unpaired) electrons. The Morgan fingerprint density at radius 1 is 1.08 bits per heavy atom. The highest BCUT2D eigenvalue weighted by Crippen LogP contribution is 2.27. The third kappa shape index (κ3) is 5.09. The van der Waals surface area contributed by atoms with Crippen LogP contribution in [0.5, 0.6) is 0 Å². The van der Waals surface area contributed by atoms with Crippen molar-refractivity contribution in [2.75, 3.05) is 6.54 Å². The van der Waals surface area contributed by atoms with Gasteiger partial charge in [-0.2, -0.15) is 0 Å². The zero-order valence-electron chi connectivity index (χ0n) is 15.1. The molecular weight excluding hydrogens is 344 g/mol. The molecule has 3 N–H and O–H groups in total. The summed E-state index contributed by atoms with van der Waals surface area (Å²) in [6.45, 7) is 1.83. The average Bonchev–Trinajstić information content (AvgIpc) is 2.67. The van der Waals surface area contributed by atoms with Crippen molar-refractivity contribution in [3.05, 3.63) is 58.6 Å². The van der Waals surface area contributed by atoms with Crippen LogP contribution in [0.4, 0.5) is 0 Å². The predicted octanol–water partition coefficient (Wildman–Crippen LogP) is 5.17. The summed E-state index contributed by atoms with van der Waals surface area (Å²) in [5, 5.41) is 4.27. The van der Waals surface area contributed by atoms with Crippen molar-refractivity contribution in [3.63, 3.8) is 0 Å². The van der Waals surface area contributed by atoms with Crippen molar-refractivity contribution in [1.82, 2.24) is 5.32 Å². The molecule has 26 heavy (non-hydrogen) atoms. The first-order chi connectivity index (χ1) is 12.6. The number of nitrogens with one attached hydrogen (secondary N) is 1. The lowest BCUT2D eigenvalue weighted by molar-refractivity contribution is 0.100. The van der Waals surface area contributed by atoms with Crippen molar-refractivity contribution in [2.24, 2.45) is 11.7 Å². The van der Waals surface area contributed by atoms with Gasteiger partial charge in [0.2, 0.25) is 5.91 Å². The Labute approximate surface area is 160 Å². The number of amides is 1. The highest BCUT2D eigenvalue weighted by atomic mass is 35.5. The molecule has 1 fully saturated rings. The van der Waals surface area contributed by atoms with E-state index >= 15 is 0 Å². The Hall–Kier alpha value is -1.84. The highest BCUT2D eigenvalue weighted by Gasteiger charge is 2.12. The Kier molecular flexibility index (Phi) is 6.70. The number of halogens is 1. The SMILES string of the molecule is NC(=O)c1cccc(-c2ccc(CNCCC3CCCCC3)c(Cl)c2)c1. The topological polar surface area (TPSA) is 55.1 Å². The summed E-state index contributed by atoms with van der Waals surface area (Å²) >= 11 is 6.48. The summed E-state index contributed by atoms with van der Waals surface area (Å²) < 4.78 is 0. The lowest BCUT2D eigenvalue weighted by Gasteiger charge is -2.21. The van der Waals surface area contributed by atoms with Crippen LogP contribution in [-0.2, 0) is 6.54 Å². The monoisotopic (exact) mass is 370 g/mol. The molecule has 0 unspecified atom stereocenters. The molecule has 3 nitrogen and oxygen atoms in total. The summed E-state index contributed by atoms with van der Waals surface area (Å²) in [5.74, 6) is 0.475. The third-order valence-electron chi connectivity index (χ3n) is 5.30. The van der Waals surface area contributed by atoms with Crippen LogP contribution in [0.15, 0.2) is 42.5 Å². The summed E-state index contributed by atoms with van der Waals surface area (Å²) in [4.78, 5) is 11.4. The summed E-state index contributed by atoms with van der Waals surface area (Å²) in [7, 11) is 0. The van der Waals surface area contributed by atoms with Crippen molar-refractivity contribution in [2.45, 2.75) is 45.1 Å². The summed E-state index contributed by atoms with van der Waals surface area (Å²) in [6.07, 6.45) is 8.25. The first-order valence-electron chi connectivity index (χ1n) is 9.53. The number of rotatable bonds is 7. The van der Waals surface area contributed by atoms with Gasteiger partial charge in [0, 0.05) is 17.1 Å². The smallest absolute Gasteiger partial charge is 0.248 e. The van der Waals surface area contributed by atoms with Gasteiger partial charge in [-0.05, 0) is 53.8 Å². The minimum atomic E-state index is -0.420. The summed E-state index contributed by atoms with van der Waals surface area (Å²) in [6, 6.07) is 13.4. The molecule has 138 valence electrons. The number of hydrogen-bond acceptors (Lipinski definition) is 2. The Balaban J connectivity index is 1.57. The molecule has 0 atom stereocenters. The van der Waals surface area contributed by atoms with E-state index in [2.05, 4.69) is 11.4 Å². The van der Waals surface area contributed by atoms with Gasteiger partial charge in [-0.3, -0.25) is 4.79 Å². The molecule has 1 amide bonds. The molecule has 1 aliphatic rings. The number of carbonyl (C=O) groups is 1. The van der Waals surface area contributed by atoms with Crippen molar-refractivity contribution in [1.29, 1.82) is 0 Å².